The van der Waals surface area contributed by atoms with Crippen LogP contribution in [-0.4, -0.2) is 32.1 Å². The quantitative estimate of drug-likeness (QED) is 0.374. The van der Waals surface area contributed by atoms with Gasteiger partial charge >= 0.3 is 0 Å². The average molecular weight is 174 g/mol. The number of amides is 1. The molecular formula is C7H14N2O3. The fourth-order valence-electron chi connectivity index (χ4n) is 0.489. The van der Waals surface area contributed by atoms with Gasteiger partial charge in [-0.3, -0.25) is 4.79 Å². The third-order valence-corrected chi connectivity index (χ3v) is 1.02. The van der Waals surface area contributed by atoms with Gasteiger partial charge in [0.25, 0.3) is 5.91 Å². The minimum Gasteiger partial charge on any atom is -0.479 e. The number of oxime groups is 1. The minimum atomic E-state index is -0.219. The van der Waals surface area contributed by atoms with Crippen LogP contribution >= 0.6 is 0 Å². The molecule has 0 heterocycles. The van der Waals surface area contributed by atoms with Crippen molar-refractivity contribution in [2.45, 2.75) is 13.8 Å². The molecule has 1 N–H and O–H groups in total. The van der Waals surface area contributed by atoms with Crippen LogP contribution in [0.3, 0.4) is 0 Å². The zero-order chi connectivity index (χ0) is 9.40. The number of ether oxygens (including phenoxy) is 1. The van der Waals surface area contributed by atoms with Gasteiger partial charge in [-0.2, -0.15) is 0 Å². The number of carbonyl (C=O) groups is 1. The minimum absolute atomic E-state index is 0.0824. The largest absolute Gasteiger partial charge is 0.479 e. The Morgan fingerprint density at radius 2 is 2.25 bits per heavy atom. The van der Waals surface area contributed by atoms with E-state index in [9.17, 15) is 4.79 Å². The van der Waals surface area contributed by atoms with Gasteiger partial charge in [0.15, 0.2) is 6.61 Å². The first-order chi connectivity index (χ1) is 5.70. The molecule has 1 amide bonds. The molecule has 0 aliphatic heterocycles. The summed E-state index contributed by atoms with van der Waals surface area (Å²) in [4.78, 5) is 15.3. The number of likely N-dealkylation sites (N-methyl/N-ethyl adjacent to an activating group) is 1. The van der Waals surface area contributed by atoms with E-state index in [-0.39, 0.29) is 12.5 Å². The van der Waals surface area contributed by atoms with E-state index in [1.807, 2.05) is 6.92 Å². The zero-order valence-corrected chi connectivity index (χ0v) is 7.59. The second-order valence-electron chi connectivity index (χ2n) is 1.99. The maximum Gasteiger partial charge on any atom is 0.260 e. The van der Waals surface area contributed by atoms with Crippen LogP contribution in [0.15, 0.2) is 5.16 Å². The summed E-state index contributed by atoms with van der Waals surface area (Å²) in [5.74, 6) is 0.199. The molecule has 0 aliphatic rings. The monoisotopic (exact) mass is 174 g/mol. The van der Waals surface area contributed by atoms with Gasteiger partial charge in [-0.15, -0.1) is 0 Å². The molecule has 0 spiro atoms. The summed E-state index contributed by atoms with van der Waals surface area (Å²) in [6.07, 6.45) is 0. The molecule has 0 unspecified atom stereocenters. The summed E-state index contributed by atoms with van der Waals surface area (Å²) >= 11 is 0. The number of nitrogens with one attached hydrogen (secondary N) is 1. The summed E-state index contributed by atoms with van der Waals surface area (Å²) in [6.45, 7) is 3.96. The van der Waals surface area contributed by atoms with Gasteiger partial charge in [0.1, 0.15) is 0 Å². The number of nitrogens with zero attached hydrogens (tertiary/aromatic N) is 1. The van der Waals surface area contributed by atoms with Crippen molar-refractivity contribution in [2.24, 2.45) is 5.16 Å². The average Bonchev–Trinajstić information content (AvgIpc) is 2.04. The van der Waals surface area contributed by atoms with E-state index < -0.39 is 0 Å². The highest BCUT2D eigenvalue weighted by Gasteiger charge is 1.96. The van der Waals surface area contributed by atoms with Crippen LogP contribution in [0, 0.1) is 0 Å². The van der Waals surface area contributed by atoms with Crippen molar-refractivity contribution in [3.63, 3.8) is 0 Å². The van der Waals surface area contributed by atoms with Crippen molar-refractivity contribution in [3.8, 4) is 0 Å². The van der Waals surface area contributed by atoms with E-state index in [4.69, 9.17) is 4.74 Å². The first-order valence-electron chi connectivity index (χ1n) is 3.70. The van der Waals surface area contributed by atoms with E-state index in [0.29, 0.717) is 12.5 Å². The molecule has 0 bridgehead atoms. The Bertz CT molecular complexity index is 168. The molecule has 0 aromatic carbocycles. The highest BCUT2D eigenvalue weighted by molar-refractivity contribution is 5.77. The van der Waals surface area contributed by atoms with Crippen molar-refractivity contribution < 1.29 is 14.4 Å². The van der Waals surface area contributed by atoms with Crippen molar-refractivity contribution in [2.75, 3.05) is 20.3 Å². The number of carbonyl (C=O) groups excluding carboxylic acids is 1. The molecular weight excluding hydrogens is 160 g/mol. The maximum atomic E-state index is 10.6. The van der Waals surface area contributed by atoms with Crippen molar-refractivity contribution in [3.05, 3.63) is 0 Å². The van der Waals surface area contributed by atoms with Crippen molar-refractivity contribution >= 4 is 11.8 Å². The van der Waals surface area contributed by atoms with Crippen LogP contribution < -0.4 is 5.32 Å². The Kier molecular flexibility index (Phi) is 5.77. The molecule has 0 fully saturated rings. The summed E-state index contributed by atoms with van der Waals surface area (Å²) in [7, 11) is 1.53. The maximum absolute atomic E-state index is 10.6. The van der Waals surface area contributed by atoms with E-state index in [0.717, 1.165) is 0 Å². The standard InChI is InChI=1S/C7H14N2O3/c1-4-11-6(2)9-12-5-7(10)8-3/h4-5H2,1-3H3,(H,8,10)/b9-6+. The molecule has 0 atom stereocenters. The molecule has 0 radical (unpaired) electrons. The van der Waals surface area contributed by atoms with E-state index in [2.05, 4.69) is 15.3 Å². The third-order valence-electron chi connectivity index (χ3n) is 1.02. The van der Waals surface area contributed by atoms with Gasteiger partial charge in [0.2, 0.25) is 5.90 Å². The van der Waals surface area contributed by atoms with Crippen LogP contribution in [0.25, 0.3) is 0 Å². The SMILES string of the molecule is CCO/C(C)=N/OCC(=O)NC. The highest BCUT2D eigenvalue weighted by Crippen LogP contribution is 1.83. The lowest BCUT2D eigenvalue weighted by Gasteiger charge is -2.01. The Morgan fingerprint density at radius 3 is 2.75 bits per heavy atom. The number of hydrogen-bond acceptors (Lipinski definition) is 4. The second-order valence-corrected chi connectivity index (χ2v) is 1.99. The molecule has 0 rings (SSSR count). The first kappa shape index (κ1) is 10.7. The van der Waals surface area contributed by atoms with Crippen LogP contribution in [0.5, 0.6) is 0 Å². The first-order valence-corrected chi connectivity index (χ1v) is 3.70. The smallest absolute Gasteiger partial charge is 0.260 e. The van der Waals surface area contributed by atoms with E-state index >= 15 is 0 Å². The normalized spacial score (nSPS) is 10.8. The lowest BCUT2D eigenvalue weighted by atomic mass is 10.7. The highest BCUT2D eigenvalue weighted by atomic mass is 16.6. The van der Waals surface area contributed by atoms with Crippen LogP contribution in [0.1, 0.15) is 13.8 Å². The molecule has 0 aromatic rings. The van der Waals surface area contributed by atoms with Crippen LogP contribution in [-0.2, 0) is 14.4 Å². The van der Waals surface area contributed by atoms with Crippen molar-refractivity contribution in [1.29, 1.82) is 0 Å². The van der Waals surface area contributed by atoms with Gasteiger partial charge in [-0.1, -0.05) is 5.16 Å². The van der Waals surface area contributed by atoms with Crippen LogP contribution in [0.4, 0.5) is 0 Å². The Hall–Kier alpha value is -1.26. The molecule has 70 valence electrons. The Morgan fingerprint density at radius 1 is 1.58 bits per heavy atom. The molecule has 12 heavy (non-hydrogen) atoms. The lowest BCUT2D eigenvalue weighted by Crippen LogP contribution is -2.22. The molecule has 0 aliphatic carbocycles. The predicted molar refractivity (Wildman–Crippen MR) is 44.8 cm³/mol. The summed E-state index contributed by atoms with van der Waals surface area (Å²) in [5.41, 5.74) is 0. The Balaban J connectivity index is 3.52. The molecule has 0 saturated heterocycles. The fourth-order valence-corrected chi connectivity index (χ4v) is 0.489. The summed E-state index contributed by atoms with van der Waals surface area (Å²) < 4.78 is 4.95. The topological polar surface area (TPSA) is 59.9 Å². The van der Waals surface area contributed by atoms with Gasteiger partial charge in [-0.05, 0) is 6.92 Å². The number of rotatable bonds is 4. The summed E-state index contributed by atoms with van der Waals surface area (Å²) in [6, 6.07) is 0. The number of hydrogen-bond donors (Lipinski definition) is 1. The second kappa shape index (κ2) is 6.45. The molecule has 5 heteroatoms. The third kappa shape index (κ3) is 5.52. The van der Waals surface area contributed by atoms with Crippen LogP contribution in [0.2, 0.25) is 0 Å². The molecule has 0 saturated carbocycles. The van der Waals surface area contributed by atoms with Gasteiger partial charge in [0.05, 0.1) is 6.61 Å². The van der Waals surface area contributed by atoms with Gasteiger partial charge < -0.3 is 14.9 Å². The lowest BCUT2D eigenvalue weighted by molar-refractivity contribution is -0.125. The predicted octanol–water partition coefficient (Wildman–Crippen LogP) is 0.119. The van der Waals surface area contributed by atoms with E-state index in [1.165, 1.54) is 7.05 Å². The van der Waals surface area contributed by atoms with Gasteiger partial charge in [0, 0.05) is 14.0 Å². The van der Waals surface area contributed by atoms with Crippen molar-refractivity contribution in [1.82, 2.24) is 5.32 Å². The van der Waals surface area contributed by atoms with Gasteiger partial charge in [-0.25, -0.2) is 0 Å². The Labute approximate surface area is 71.7 Å². The molecule has 0 aromatic heterocycles. The summed E-state index contributed by atoms with van der Waals surface area (Å²) in [5, 5.41) is 5.93. The fraction of sp³-hybridized carbons (Fsp3) is 0.714. The van der Waals surface area contributed by atoms with E-state index in [1.54, 1.807) is 6.92 Å². The zero-order valence-electron chi connectivity index (χ0n) is 7.59. The molecule has 5 nitrogen and oxygen atoms in total.